The van der Waals surface area contributed by atoms with Crippen LogP contribution in [0.1, 0.15) is 23.7 Å². The van der Waals surface area contributed by atoms with Crippen molar-refractivity contribution < 1.29 is 0 Å². The van der Waals surface area contributed by atoms with Crippen LogP contribution in [0.4, 0.5) is 5.82 Å². The highest BCUT2D eigenvalue weighted by Crippen LogP contribution is 2.14. The van der Waals surface area contributed by atoms with E-state index in [2.05, 4.69) is 16.4 Å². The molecule has 0 saturated carbocycles. The summed E-state index contributed by atoms with van der Waals surface area (Å²) in [6.45, 7) is 6.64. The minimum absolute atomic E-state index is 0.682. The van der Waals surface area contributed by atoms with Crippen molar-refractivity contribution in [3.63, 3.8) is 0 Å². The largest absolute Gasteiger partial charge is 0.370 e. The van der Waals surface area contributed by atoms with Crippen LogP contribution in [0, 0.1) is 25.2 Å². The Morgan fingerprint density at radius 1 is 1.54 bits per heavy atom. The molecule has 1 rings (SSSR count). The number of aromatic nitrogens is 1. The summed E-state index contributed by atoms with van der Waals surface area (Å²) in [7, 11) is 0. The maximum Gasteiger partial charge on any atom is 0.126 e. The minimum atomic E-state index is 0.682. The van der Waals surface area contributed by atoms with Crippen LogP contribution in [0.15, 0.2) is 6.07 Å². The standard InChI is InChI=1S/C10H13N3/c1-4-12-10-5-7(2)9(6-11)8(3)13-10/h5H,4H2,1-3H3,(H,12,13). The summed E-state index contributed by atoms with van der Waals surface area (Å²) >= 11 is 0. The van der Waals surface area contributed by atoms with E-state index in [4.69, 9.17) is 5.26 Å². The molecule has 0 atom stereocenters. The van der Waals surface area contributed by atoms with Gasteiger partial charge in [0.15, 0.2) is 0 Å². The van der Waals surface area contributed by atoms with Gasteiger partial charge in [-0.1, -0.05) is 0 Å². The quantitative estimate of drug-likeness (QED) is 0.747. The molecule has 0 saturated heterocycles. The highest BCUT2D eigenvalue weighted by Gasteiger charge is 2.04. The zero-order chi connectivity index (χ0) is 9.84. The number of nitrogens with zero attached hydrogens (tertiary/aromatic N) is 2. The van der Waals surface area contributed by atoms with E-state index in [0.717, 1.165) is 23.6 Å². The van der Waals surface area contributed by atoms with Gasteiger partial charge < -0.3 is 5.32 Å². The molecule has 3 nitrogen and oxygen atoms in total. The van der Waals surface area contributed by atoms with E-state index in [1.54, 1.807) is 0 Å². The molecular formula is C10H13N3. The lowest BCUT2D eigenvalue weighted by atomic mass is 10.1. The van der Waals surface area contributed by atoms with Crippen LogP contribution in [-0.4, -0.2) is 11.5 Å². The van der Waals surface area contributed by atoms with Gasteiger partial charge in [-0.25, -0.2) is 4.98 Å². The molecule has 0 aliphatic carbocycles. The van der Waals surface area contributed by atoms with Crippen molar-refractivity contribution in [1.29, 1.82) is 5.26 Å². The summed E-state index contributed by atoms with van der Waals surface area (Å²) in [5.41, 5.74) is 2.45. The monoisotopic (exact) mass is 175 g/mol. The van der Waals surface area contributed by atoms with Crippen LogP contribution >= 0.6 is 0 Å². The molecule has 1 aromatic heterocycles. The van der Waals surface area contributed by atoms with Crippen LogP contribution in [0.3, 0.4) is 0 Å². The summed E-state index contributed by atoms with van der Waals surface area (Å²) in [5, 5.41) is 11.9. The second kappa shape index (κ2) is 3.90. The average Bonchev–Trinajstić information content (AvgIpc) is 2.04. The predicted molar refractivity (Wildman–Crippen MR) is 52.6 cm³/mol. The average molecular weight is 175 g/mol. The van der Waals surface area contributed by atoms with Crippen molar-refractivity contribution in [2.24, 2.45) is 0 Å². The molecule has 0 aromatic carbocycles. The van der Waals surface area contributed by atoms with E-state index in [1.807, 2.05) is 26.8 Å². The molecule has 13 heavy (non-hydrogen) atoms. The zero-order valence-corrected chi connectivity index (χ0v) is 8.18. The van der Waals surface area contributed by atoms with Crippen molar-refractivity contribution in [3.05, 3.63) is 22.9 Å². The van der Waals surface area contributed by atoms with Gasteiger partial charge in [-0.05, 0) is 32.4 Å². The molecule has 0 amide bonds. The molecule has 1 heterocycles. The molecule has 0 fully saturated rings. The Kier molecular flexibility index (Phi) is 2.86. The Labute approximate surface area is 78.4 Å². The molecule has 68 valence electrons. The van der Waals surface area contributed by atoms with Gasteiger partial charge in [-0.15, -0.1) is 0 Å². The predicted octanol–water partition coefficient (Wildman–Crippen LogP) is 2.00. The molecule has 0 spiro atoms. The highest BCUT2D eigenvalue weighted by molar-refractivity contribution is 5.48. The summed E-state index contributed by atoms with van der Waals surface area (Å²) in [6, 6.07) is 4.04. The first-order chi connectivity index (χ1) is 6.19. The van der Waals surface area contributed by atoms with Gasteiger partial charge in [-0.3, -0.25) is 0 Å². The lowest BCUT2D eigenvalue weighted by molar-refractivity contribution is 1.10. The van der Waals surface area contributed by atoms with Gasteiger partial charge in [-0.2, -0.15) is 5.26 Å². The molecule has 0 radical (unpaired) electrons. The lowest BCUT2D eigenvalue weighted by Crippen LogP contribution is -2.02. The number of rotatable bonds is 2. The number of hydrogen-bond donors (Lipinski definition) is 1. The summed E-state index contributed by atoms with van der Waals surface area (Å²) < 4.78 is 0. The fourth-order valence-corrected chi connectivity index (χ4v) is 1.27. The first-order valence-electron chi connectivity index (χ1n) is 4.31. The smallest absolute Gasteiger partial charge is 0.126 e. The van der Waals surface area contributed by atoms with Crippen molar-refractivity contribution in [3.8, 4) is 6.07 Å². The second-order valence-electron chi connectivity index (χ2n) is 2.93. The van der Waals surface area contributed by atoms with Crippen LogP contribution in [-0.2, 0) is 0 Å². The normalized spacial score (nSPS) is 9.38. The van der Waals surface area contributed by atoms with Gasteiger partial charge in [0.1, 0.15) is 11.9 Å². The molecule has 0 aliphatic rings. The number of pyridine rings is 1. The van der Waals surface area contributed by atoms with Crippen molar-refractivity contribution in [2.75, 3.05) is 11.9 Å². The van der Waals surface area contributed by atoms with Crippen LogP contribution in [0.25, 0.3) is 0 Å². The molecule has 1 aromatic rings. The van der Waals surface area contributed by atoms with E-state index in [0.29, 0.717) is 5.56 Å². The summed E-state index contributed by atoms with van der Waals surface area (Å²) in [5.74, 6) is 0.844. The van der Waals surface area contributed by atoms with Crippen molar-refractivity contribution in [2.45, 2.75) is 20.8 Å². The maximum atomic E-state index is 8.81. The number of nitriles is 1. The Bertz CT molecular complexity index is 327. The van der Waals surface area contributed by atoms with Gasteiger partial charge >= 0.3 is 0 Å². The van der Waals surface area contributed by atoms with Gasteiger partial charge in [0.2, 0.25) is 0 Å². The molecule has 1 N–H and O–H groups in total. The number of anilines is 1. The van der Waals surface area contributed by atoms with Crippen molar-refractivity contribution >= 4 is 5.82 Å². The zero-order valence-electron chi connectivity index (χ0n) is 8.18. The first-order valence-corrected chi connectivity index (χ1v) is 4.31. The third kappa shape index (κ3) is 1.97. The van der Waals surface area contributed by atoms with E-state index in [1.165, 1.54) is 0 Å². The highest BCUT2D eigenvalue weighted by atomic mass is 15.0. The summed E-state index contributed by atoms with van der Waals surface area (Å²) in [4.78, 5) is 4.26. The van der Waals surface area contributed by atoms with Crippen LogP contribution in [0.2, 0.25) is 0 Å². The van der Waals surface area contributed by atoms with Gasteiger partial charge in [0, 0.05) is 6.54 Å². The number of nitrogens with one attached hydrogen (secondary N) is 1. The van der Waals surface area contributed by atoms with Crippen molar-refractivity contribution in [1.82, 2.24) is 4.98 Å². The van der Waals surface area contributed by atoms with E-state index < -0.39 is 0 Å². The fraction of sp³-hybridized carbons (Fsp3) is 0.400. The fourth-order valence-electron chi connectivity index (χ4n) is 1.27. The lowest BCUT2D eigenvalue weighted by Gasteiger charge is -2.06. The SMILES string of the molecule is CCNc1cc(C)c(C#N)c(C)n1. The minimum Gasteiger partial charge on any atom is -0.370 e. The molecule has 0 unspecified atom stereocenters. The molecule has 0 aliphatic heterocycles. The Morgan fingerprint density at radius 2 is 2.23 bits per heavy atom. The topological polar surface area (TPSA) is 48.7 Å². The number of aryl methyl sites for hydroxylation is 2. The van der Waals surface area contributed by atoms with Gasteiger partial charge in [0.25, 0.3) is 0 Å². The molecule has 0 bridgehead atoms. The van der Waals surface area contributed by atoms with E-state index in [-0.39, 0.29) is 0 Å². The second-order valence-corrected chi connectivity index (χ2v) is 2.93. The maximum absolute atomic E-state index is 8.81. The first kappa shape index (κ1) is 9.53. The number of hydrogen-bond acceptors (Lipinski definition) is 3. The third-order valence-corrected chi connectivity index (χ3v) is 1.87. The van der Waals surface area contributed by atoms with E-state index in [9.17, 15) is 0 Å². The van der Waals surface area contributed by atoms with Crippen LogP contribution in [0.5, 0.6) is 0 Å². The Hall–Kier alpha value is -1.56. The Balaban J connectivity index is 3.14. The summed E-state index contributed by atoms with van der Waals surface area (Å²) in [6.07, 6.45) is 0. The Morgan fingerprint density at radius 3 is 2.69 bits per heavy atom. The molecule has 3 heteroatoms. The van der Waals surface area contributed by atoms with Crippen LogP contribution < -0.4 is 5.32 Å². The van der Waals surface area contributed by atoms with Gasteiger partial charge in [0.05, 0.1) is 11.3 Å². The third-order valence-electron chi connectivity index (χ3n) is 1.87. The van der Waals surface area contributed by atoms with E-state index >= 15 is 0 Å². The molecular weight excluding hydrogens is 162 g/mol.